The van der Waals surface area contributed by atoms with Crippen LogP contribution in [0.2, 0.25) is 0 Å². The summed E-state index contributed by atoms with van der Waals surface area (Å²) in [4.78, 5) is 17.6. The van der Waals surface area contributed by atoms with Crippen molar-refractivity contribution < 1.29 is 4.79 Å². The van der Waals surface area contributed by atoms with Crippen molar-refractivity contribution in [3.05, 3.63) is 11.6 Å². The monoisotopic (exact) mass is 304 g/mol. The summed E-state index contributed by atoms with van der Waals surface area (Å²) in [7, 11) is 4.35. The van der Waals surface area contributed by atoms with Crippen molar-refractivity contribution in [2.24, 2.45) is 11.8 Å². The van der Waals surface area contributed by atoms with Gasteiger partial charge in [0.15, 0.2) is 0 Å². The highest BCUT2D eigenvalue weighted by Crippen LogP contribution is 2.40. The summed E-state index contributed by atoms with van der Waals surface area (Å²) in [6.45, 7) is 3.02. The molecular formula is C19H32N2O. The van der Waals surface area contributed by atoms with Gasteiger partial charge in [0.2, 0.25) is 5.91 Å². The molecule has 2 fully saturated rings. The lowest BCUT2D eigenvalue weighted by atomic mass is 9.73. The topological polar surface area (TPSA) is 23.6 Å². The number of rotatable bonds is 3. The van der Waals surface area contributed by atoms with Crippen LogP contribution in [0.3, 0.4) is 0 Å². The predicted molar refractivity (Wildman–Crippen MR) is 90.6 cm³/mol. The highest BCUT2D eigenvalue weighted by Gasteiger charge is 2.41. The van der Waals surface area contributed by atoms with Gasteiger partial charge in [0.05, 0.1) is 0 Å². The minimum absolute atomic E-state index is 0.357. The van der Waals surface area contributed by atoms with Crippen molar-refractivity contribution in [2.75, 3.05) is 20.6 Å². The molecule has 3 nitrogen and oxygen atoms in total. The van der Waals surface area contributed by atoms with Crippen molar-refractivity contribution in [1.82, 2.24) is 9.80 Å². The zero-order valence-corrected chi connectivity index (χ0v) is 14.6. The SMILES string of the molecule is CCN1C(=O)C(C2CCCCC2)=CC2CCC(N(C)C)CC21. The summed E-state index contributed by atoms with van der Waals surface area (Å²) in [5.74, 6) is 1.50. The lowest BCUT2D eigenvalue weighted by Gasteiger charge is -2.47. The largest absolute Gasteiger partial charge is 0.336 e. The van der Waals surface area contributed by atoms with E-state index in [2.05, 4.69) is 36.9 Å². The number of fused-ring (bicyclic) bond motifs is 1. The van der Waals surface area contributed by atoms with Crippen LogP contribution in [-0.2, 0) is 4.79 Å². The normalized spacial score (nSPS) is 33.8. The summed E-state index contributed by atoms with van der Waals surface area (Å²) in [6, 6.07) is 1.07. The van der Waals surface area contributed by atoms with E-state index in [-0.39, 0.29) is 0 Å². The van der Waals surface area contributed by atoms with Gasteiger partial charge in [-0.2, -0.15) is 0 Å². The van der Waals surface area contributed by atoms with Crippen molar-refractivity contribution in [2.45, 2.75) is 70.4 Å². The van der Waals surface area contributed by atoms with Crippen LogP contribution in [0, 0.1) is 11.8 Å². The van der Waals surface area contributed by atoms with E-state index in [9.17, 15) is 4.79 Å². The molecule has 124 valence electrons. The van der Waals surface area contributed by atoms with Crippen LogP contribution in [0.15, 0.2) is 11.6 Å². The van der Waals surface area contributed by atoms with Crippen LogP contribution in [0.25, 0.3) is 0 Å². The molecule has 1 heterocycles. The minimum Gasteiger partial charge on any atom is -0.336 e. The fraction of sp³-hybridized carbons (Fsp3) is 0.842. The second-order valence-electron chi connectivity index (χ2n) is 7.71. The Labute approximate surface area is 135 Å². The summed E-state index contributed by atoms with van der Waals surface area (Å²) >= 11 is 0. The number of carbonyl (C=O) groups is 1. The zero-order chi connectivity index (χ0) is 15.7. The molecule has 2 aliphatic carbocycles. The van der Waals surface area contributed by atoms with E-state index >= 15 is 0 Å². The molecular weight excluding hydrogens is 272 g/mol. The Hall–Kier alpha value is -0.830. The maximum Gasteiger partial charge on any atom is 0.250 e. The third-order valence-electron chi connectivity index (χ3n) is 6.26. The molecule has 0 bridgehead atoms. The molecule has 1 aliphatic heterocycles. The summed E-state index contributed by atoms with van der Waals surface area (Å²) in [5, 5.41) is 0. The molecule has 0 aromatic carbocycles. The zero-order valence-electron chi connectivity index (χ0n) is 14.6. The first kappa shape index (κ1) is 16.0. The van der Waals surface area contributed by atoms with Gasteiger partial charge in [0, 0.05) is 24.2 Å². The number of likely N-dealkylation sites (N-methyl/N-ethyl adjacent to an activating group) is 1. The first-order valence-corrected chi connectivity index (χ1v) is 9.31. The summed E-state index contributed by atoms with van der Waals surface area (Å²) < 4.78 is 0. The molecule has 3 heteroatoms. The van der Waals surface area contributed by atoms with Gasteiger partial charge < -0.3 is 9.80 Å². The van der Waals surface area contributed by atoms with Crippen LogP contribution in [0.5, 0.6) is 0 Å². The van der Waals surface area contributed by atoms with Gasteiger partial charge >= 0.3 is 0 Å². The molecule has 1 amide bonds. The molecule has 2 saturated carbocycles. The Balaban J connectivity index is 1.82. The van der Waals surface area contributed by atoms with Gasteiger partial charge in [-0.05, 0) is 65.0 Å². The highest BCUT2D eigenvalue weighted by molar-refractivity contribution is 5.95. The number of hydrogen-bond donors (Lipinski definition) is 0. The first-order valence-electron chi connectivity index (χ1n) is 9.31. The van der Waals surface area contributed by atoms with Gasteiger partial charge in [-0.15, -0.1) is 0 Å². The van der Waals surface area contributed by atoms with E-state index in [1.807, 2.05) is 0 Å². The number of nitrogens with zero attached hydrogens (tertiary/aromatic N) is 2. The second-order valence-corrected chi connectivity index (χ2v) is 7.71. The standard InChI is InChI=1S/C19H32N2O/c1-4-21-18-13-16(20(2)3)11-10-15(18)12-17(19(21)22)14-8-6-5-7-9-14/h12,14-16,18H,4-11,13H2,1-3H3. The smallest absolute Gasteiger partial charge is 0.250 e. The Morgan fingerprint density at radius 3 is 2.50 bits per heavy atom. The van der Waals surface area contributed by atoms with E-state index in [1.165, 1.54) is 50.5 Å². The third kappa shape index (κ3) is 2.97. The Kier molecular flexibility index (Phi) is 4.91. The lowest BCUT2D eigenvalue weighted by molar-refractivity contribution is -0.133. The van der Waals surface area contributed by atoms with E-state index in [4.69, 9.17) is 0 Å². The van der Waals surface area contributed by atoms with Crippen LogP contribution in [-0.4, -0.2) is 48.4 Å². The van der Waals surface area contributed by atoms with E-state index < -0.39 is 0 Å². The van der Waals surface area contributed by atoms with Crippen LogP contribution >= 0.6 is 0 Å². The minimum atomic E-state index is 0.357. The number of hydrogen-bond acceptors (Lipinski definition) is 2. The maximum atomic E-state index is 13.0. The molecule has 0 saturated heterocycles. The lowest BCUT2D eigenvalue weighted by Crippen LogP contribution is -2.53. The van der Waals surface area contributed by atoms with Gasteiger partial charge in [-0.1, -0.05) is 25.3 Å². The van der Waals surface area contributed by atoms with Crippen LogP contribution in [0.4, 0.5) is 0 Å². The number of carbonyl (C=O) groups excluding carboxylic acids is 1. The molecule has 0 aromatic heterocycles. The first-order chi connectivity index (χ1) is 10.6. The highest BCUT2D eigenvalue weighted by atomic mass is 16.2. The van der Waals surface area contributed by atoms with Gasteiger partial charge in [-0.25, -0.2) is 0 Å². The van der Waals surface area contributed by atoms with Crippen molar-refractivity contribution in [3.63, 3.8) is 0 Å². The van der Waals surface area contributed by atoms with E-state index in [0.717, 1.165) is 13.0 Å². The molecule has 0 spiro atoms. The second kappa shape index (κ2) is 6.74. The van der Waals surface area contributed by atoms with E-state index in [0.29, 0.717) is 29.8 Å². The Morgan fingerprint density at radius 1 is 1.14 bits per heavy atom. The summed E-state index contributed by atoms with van der Waals surface area (Å²) in [5.41, 5.74) is 1.17. The van der Waals surface area contributed by atoms with Crippen LogP contribution < -0.4 is 0 Å². The van der Waals surface area contributed by atoms with Crippen LogP contribution in [0.1, 0.15) is 58.3 Å². The van der Waals surface area contributed by atoms with Crippen molar-refractivity contribution in [1.29, 1.82) is 0 Å². The quantitative estimate of drug-likeness (QED) is 0.797. The Bertz CT molecular complexity index is 437. The van der Waals surface area contributed by atoms with Gasteiger partial charge in [0.25, 0.3) is 0 Å². The van der Waals surface area contributed by atoms with Crippen molar-refractivity contribution in [3.8, 4) is 0 Å². The molecule has 3 unspecified atom stereocenters. The number of amides is 1. The Morgan fingerprint density at radius 2 is 1.86 bits per heavy atom. The van der Waals surface area contributed by atoms with E-state index in [1.54, 1.807) is 0 Å². The third-order valence-corrected chi connectivity index (χ3v) is 6.26. The molecule has 0 aromatic rings. The fourth-order valence-corrected chi connectivity index (χ4v) is 4.89. The average Bonchev–Trinajstić information content (AvgIpc) is 2.54. The molecule has 3 aliphatic rings. The summed E-state index contributed by atoms with van der Waals surface area (Å²) in [6.07, 6.45) is 12.5. The molecule has 3 atom stereocenters. The van der Waals surface area contributed by atoms with Crippen molar-refractivity contribution >= 4 is 5.91 Å². The van der Waals surface area contributed by atoms with Gasteiger partial charge in [-0.3, -0.25) is 4.79 Å². The predicted octanol–water partition coefficient (Wildman–Crippen LogP) is 3.45. The molecule has 3 rings (SSSR count). The molecule has 0 radical (unpaired) electrons. The fourth-order valence-electron chi connectivity index (χ4n) is 4.89. The maximum absolute atomic E-state index is 13.0. The molecule has 22 heavy (non-hydrogen) atoms. The average molecular weight is 304 g/mol. The van der Waals surface area contributed by atoms with Gasteiger partial charge in [0.1, 0.15) is 0 Å². The molecule has 0 N–H and O–H groups in total.